The summed E-state index contributed by atoms with van der Waals surface area (Å²) >= 11 is 1.71. The Kier molecular flexibility index (Phi) is 5.72. The quantitative estimate of drug-likeness (QED) is 0.516. The second kappa shape index (κ2) is 8.26. The Balaban J connectivity index is 1.71. The van der Waals surface area contributed by atoms with E-state index in [2.05, 4.69) is 24.8 Å². The molecule has 5 nitrogen and oxygen atoms in total. The Hall–Kier alpha value is -2.22. The number of aliphatic hydroxyl groups excluding tert-OH is 3. The smallest absolute Gasteiger partial charge is 0.122 e. The summed E-state index contributed by atoms with van der Waals surface area (Å²) in [4.78, 5) is 1.17. The number of phenols is 1. The largest absolute Gasteiger partial charge is 0.508 e. The molecular weight excluding hydrogens is 388 g/mol. The predicted octanol–water partition coefficient (Wildman–Crippen LogP) is 3.38. The number of rotatable bonds is 5. The van der Waals surface area contributed by atoms with Gasteiger partial charge in [0.2, 0.25) is 0 Å². The van der Waals surface area contributed by atoms with Crippen molar-refractivity contribution in [3.8, 4) is 5.75 Å². The number of thiophene rings is 1. The average molecular weight is 413 g/mol. The Morgan fingerprint density at radius 1 is 1.17 bits per heavy atom. The Morgan fingerprint density at radius 2 is 1.97 bits per heavy atom. The molecule has 0 aliphatic carbocycles. The molecule has 0 amide bonds. The van der Waals surface area contributed by atoms with Gasteiger partial charge in [-0.25, -0.2) is 0 Å². The fourth-order valence-corrected chi connectivity index (χ4v) is 4.97. The summed E-state index contributed by atoms with van der Waals surface area (Å²) in [6, 6.07) is 13.7. The van der Waals surface area contributed by atoms with E-state index in [9.17, 15) is 20.4 Å². The SMILES string of the molecule is C=Cc1cc(O)c([C@@H]2O[C@H](CO)C[C@H](O)[C@H]2O)cc1Cc1cc2ccccc2s1. The third-order valence-electron chi connectivity index (χ3n) is 5.41. The molecule has 1 fully saturated rings. The first-order valence-corrected chi connectivity index (χ1v) is 10.4. The van der Waals surface area contributed by atoms with Crippen molar-refractivity contribution in [2.24, 2.45) is 0 Å². The lowest BCUT2D eigenvalue weighted by Crippen LogP contribution is -2.44. The highest BCUT2D eigenvalue weighted by Gasteiger charge is 2.38. The van der Waals surface area contributed by atoms with Gasteiger partial charge in [-0.1, -0.05) is 30.9 Å². The van der Waals surface area contributed by atoms with Gasteiger partial charge < -0.3 is 25.2 Å². The van der Waals surface area contributed by atoms with E-state index in [-0.39, 0.29) is 18.8 Å². The van der Waals surface area contributed by atoms with Crippen molar-refractivity contribution in [2.45, 2.75) is 37.3 Å². The molecule has 1 aromatic heterocycles. The second-order valence-electron chi connectivity index (χ2n) is 7.40. The van der Waals surface area contributed by atoms with Gasteiger partial charge in [0.25, 0.3) is 0 Å². The first-order chi connectivity index (χ1) is 14.0. The van der Waals surface area contributed by atoms with Crippen LogP contribution in [0.3, 0.4) is 0 Å². The van der Waals surface area contributed by atoms with Crippen LogP contribution in [0.1, 0.15) is 34.1 Å². The maximum absolute atomic E-state index is 10.6. The monoisotopic (exact) mass is 412 g/mol. The van der Waals surface area contributed by atoms with Gasteiger partial charge in [-0.3, -0.25) is 0 Å². The minimum absolute atomic E-state index is 0.0326. The van der Waals surface area contributed by atoms with Crippen LogP contribution in [-0.4, -0.2) is 45.3 Å². The first-order valence-electron chi connectivity index (χ1n) is 9.58. The number of benzene rings is 2. The molecule has 0 unspecified atom stereocenters. The van der Waals surface area contributed by atoms with E-state index in [0.717, 1.165) is 11.1 Å². The lowest BCUT2D eigenvalue weighted by Gasteiger charge is -2.37. The molecule has 0 spiro atoms. The zero-order valence-corrected chi connectivity index (χ0v) is 16.7. The molecule has 152 valence electrons. The molecule has 4 N–H and O–H groups in total. The summed E-state index contributed by atoms with van der Waals surface area (Å²) in [5, 5.41) is 41.8. The predicted molar refractivity (Wildman–Crippen MR) is 114 cm³/mol. The van der Waals surface area contributed by atoms with E-state index in [4.69, 9.17) is 4.74 Å². The van der Waals surface area contributed by atoms with E-state index < -0.39 is 24.4 Å². The van der Waals surface area contributed by atoms with Gasteiger partial charge in [0, 0.05) is 28.0 Å². The fourth-order valence-electron chi connectivity index (χ4n) is 3.88. The fraction of sp³-hybridized carbons (Fsp3) is 0.304. The van der Waals surface area contributed by atoms with Crippen LogP contribution in [0.2, 0.25) is 0 Å². The van der Waals surface area contributed by atoms with Gasteiger partial charge in [0.1, 0.15) is 18.0 Å². The number of aromatic hydroxyl groups is 1. The van der Waals surface area contributed by atoms with Crippen LogP contribution in [0, 0.1) is 0 Å². The van der Waals surface area contributed by atoms with Gasteiger partial charge >= 0.3 is 0 Å². The number of phenolic OH excluding ortho intramolecular Hbond substituents is 1. The number of aliphatic hydroxyl groups is 3. The molecule has 3 aromatic rings. The van der Waals surface area contributed by atoms with Crippen molar-refractivity contribution in [1.82, 2.24) is 0 Å². The lowest BCUT2D eigenvalue weighted by molar-refractivity contribution is -0.180. The van der Waals surface area contributed by atoms with Crippen molar-refractivity contribution in [2.75, 3.05) is 6.61 Å². The molecule has 4 rings (SSSR count). The molecule has 0 bridgehead atoms. The van der Waals surface area contributed by atoms with Gasteiger partial charge in [-0.2, -0.15) is 0 Å². The van der Waals surface area contributed by atoms with E-state index in [1.54, 1.807) is 29.5 Å². The van der Waals surface area contributed by atoms with Crippen LogP contribution in [0.25, 0.3) is 16.2 Å². The van der Waals surface area contributed by atoms with Crippen LogP contribution >= 0.6 is 11.3 Å². The summed E-state index contributed by atoms with van der Waals surface area (Å²) < 4.78 is 6.98. The minimum Gasteiger partial charge on any atom is -0.508 e. The highest BCUT2D eigenvalue weighted by atomic mass is 32.1. The third kappa shape index (κ3) is 3.95. The van der Waals surface area contributed by atoms with Crippen LogP contribution in [0.15, 0.2) is 49.0 Å². The number of hydrogen-bond acceptors (Lipinski definition) is 6. The second-order valence-corrected chi connectivity index (χ2v) is 8.56. The van der Waals surface area contributed by atoms with Gasteiger partial charge in [-0.15, -0.1) is 11.3 Å². The zero-order valence-electron chi connectivity index (χ0n) is 15.9. The number of ether oxygens (including phenoxy) is 1. The van der Waals surface area contributed by atoms with Crippen molar-refractivity contribution < 1.29 is 25.2 Å². The van der Waals surface area contributed by atoms with Crippen LogP contribution in [-0.2, 0) is 11.2 Å². The molecule has 4 atom stereocenters. The summed E-state index contributed by atoms with van der Waals surface area (Å²) in [6.07, 6.45) is -1.25. The summed E-state index contributed by atoms with van der Waals surface area (Å²) in [5.41, 5.74) is 2.14. The average Bonchev–Trinajstić information content (AvgIpc) is 3.13. The number of hydrogen-bond donors (Lipinski definition) is 4. The molecule has 1 saturated heterocycles. The van der Waals surface area contributed by atoms with E-state index in [0.29, 0.717) is 12.0 Å². The standard InChI is InChI=1S/C23H24O5S/c1-2-13-10-19(25)18(23-22(27)20(26)11-16(12-24)28-23)9-15(13)8-17-7-14-5-3-4-6-21(14)29-17/h2-7,9-10,16,20,22-27H,1,8,11-12H2/t16-,20-,22+,23-/m0/s1. The van der Waals surface area contributed by atoms with Crippen LogP contribution < -0.4 is 0 Å². The molecule has 2 aromatic carbocycles. The molecular formula is C23H24O5S. The van der Waals surface area contributed by atoms with Crippen LogP contribution in [0.5, 0.6) is 5.75 Å². The topological polar surface area (TPSA) is 90.2 Å². The maximum atomic E-state index is 10.6. The number of fused-ring (bicyclic) bond motifs is 1. The highest BCUT2D eigenvalue weighted by molar-refractivity contribution is 7.19. The normalized spacial score (nSPS) is 24.7. The molecule has 2 heterocycles. The van der Waals surface area contributed by atoms with Crippen molar-refractivity contribution in [3.05, 3.63) is 70.6 Å². The molecule has 0 saturated carbocycles. The zero-order chi connectivity index (χ0) is 20.5. The molecule has 6 heteroatoms. The Labute approximate surface area is 173 Å². The van der Waals surface area contributed by atoms with E-state index >= 15 is 0 Å². The van der Waals surface area contributed by atoms with Gasteiger partial charge in [0.05, 0.1) is 18.8 Å². The van der Waals surface area contributed by atoms with Crippen molar-refractivity contribution in [1.29, 1.82) is 0 Å². The summed E-state index contributed by atoms with van der Waals surface area (Å²) in [6.45, 7) is 3.59. The lowest BCUT2D eigenvalue weighted by atomic mass is 9.90. The molecule has 0 radical (unpaired) electrons. The highest BCUT2D eigenvalue weighted by Crippen LogP contribution is 2.39. The Morgan fingerprint density at radius 3 is 2.69 bits per heavy atom. The van der Waals surface area contributed by atoms with E-state index in [1.807, 2.05) is 12.1 Å². The van der Waals surface area contributed by atoms with Gasteiger partial charge in [-0.05, 0) is 40.8 Å². The summed E-state index contributed by atoms with van der Waals surface area (Å²) in [7, 11) is 0. The molecule has 1 aliphatic rings. The van der Waals surface area contributed by atoms with Crippen molar-refractivity contribution >= 4 is 27.5 Å². The third-order valence-corrected chi connectivity index (χ3v) is 6.52. The Bertz CT molecular complexity index is 994. The minimum atomic E-state index is -1.18. The first kappa shape index (κ1) is 20.1. The summed E-state index contributed by atoms with van der Waals surface area (Å²) in [5.74, 6) is -0.0326. The van der Waals surface area contributed by atoms with Crippen LogP contribution in [0.4, 0.5) is 0 Å². The van der Waals surface area contributed by atoms with E-state index in [1.165, 1.54) is 15.0 Å². The maximum Gasteiger partial charge on any atom is 0.122 e. The molecule has 29 heavy (non-hydrogen) atoms. The van der Waals surface area contributed by atoms with Gasteiger partial charge in [0.15, 0.2) is 0 Å². The molecule has 1 aliphatic heterocycles. The van der Waals surface area contributed by atoms with Crippen molar-refractivity contribution in [3.63, 3.8) is 0 Å².